The van der Waals surface area contributed by atoms with Crippen molar-refractivity contribution in [3.63, 3.8) is 0 Å². The van der Waals surface area contributed by atoms with Gasteiger partial charge in [0.25, 0.3) is 0 Å². The van der Waals surface area contributed by atoms with Gasteiger partial charge in [0.1, 0.15) is 11.6 Å². The number of para-hydroxylation sites is 1. The molecule has 1 atom stereocenters. The molecule has 0 bridgehead atoms. The molecule has 1 N–H and O–H groups in total. The van der Waals surface area contributed by atoms with Crippen molar-refractivity contribution in [2.75, 3.05) is 5.32 Å². The number of nitrogens with one attached hydrogen (secondary N) is 1. The molecule has 1 aromatic carbocycles. The van der Waals surface area contributed by atoms with E-state index >= 15 is 0 Å². The maximum atomic E-state index is 4.81. The van der Waals surface area contributed by atoms with Gasteiger partial charge in [-0.1, -0.05) is 24.3 Å². The molecule has 102 valence electrons. The zero-order chi connectivity index (χ0) is 13.4. The van der Waals surface area contributed by atoms with Crippen molar-refractivity contribution in [1.82, 2.24) is 9.97 Å². The van der Waals surface area contributed by atoms with Crippen molar-refractivity contribution >= 4 is 16.7 Å². The van der Waals surface area contributed by atoms with Crippen LogP contribution < -0.4 is 5.32 Å². The molecule has 0 unspecified atom stereocenters. The van der Waals surface area contributed by atoms with Gasteiger partial charge in [-0.05, 0) is 44.2 Å². The van der Waals surface area contributed by atoms with E-state index < -0.39 is 0 Å². The number of allylic oxidation sites excluding steroid dienone is 1. The molecule has 0 radical (unpaired) electrons. The molecule has 1 heterocycles. The number of benzene rings is 1. The molecule has 0 saturated heterocycles. The molecule has 2 aliphatic carbocycles. The predicted molar refractivity (Wildman–Crippen MR) is 81.9 cm³/mol. The average Bonchev–Trinajstić information content (AvgIpc) is 3.33. The third kappa shape index (κ3) is 2.28. The highest BCUT2D eigenvalue weighted by atomic mass is 15.1. The second-order valence-corrected chi connectivity index (χ2v) is 5.85. The van der Waals surface area contributed by atoms with Crippen LogP contribution in [0.5, 0.6) is 0 Å². The van der Waals surface area contributed by atoms with Gasteiger partial charge in [0.15, 0.2) is 0 Å². The lowest BCUT2D eigenvalue weighted by atomic mass is 10.0. The quantitative estimate of drug-likeness (QED) is 0.851. The molecular weight excluding hydrogens is 246 g/mol. The van der Waals surface area contributed by atoms with Crippen LogP contribution in [0.3, 0.4) is 0 Å². The largest absolute Gasteiger partial charge is 0.366 e. The minimum absolute atomic E-state index is 0.505. The van der Waals surface area contributed by atoms with Gasteiger partial charge < -0.3 is 5.32 Å². The summed E-state index contributed by atoms with van der Waals surface area (Å²) >= 11 is 0. The highest BCUT2D eigenvalue weighted by Crippen LogP contribution is 2.39. The first-order chi connectivity index (χ1) is 9.90. The van der Waals surface area contributed by atoms with Crippen molar-refractivity contribution in [3.8, 4) is 0 Å². The fourth-order valence-electron chi connectivity index (χ4n) is 2.85. The lowest BCUT2D eigenvalue weighted by Crippen LogP contribution is -2.21. The number of aromatic nitrogens is 2. The van der Waals surface area contributed by atoms with E-state index in [0.29, 0.717) is 12.0 Å². The fraction of sp³-hybridized carbons (Fsp3) is 0.412. The first-order valence-electron chi connectivity index (χ1n) is 7.58. The molecule has 1 saturated carbocycles. The highest BCUT2D eigenvalue weighted by molar-refractivity contribution is 5.89. The molecule has 3 heteroatoms. The van der Waals surface area contributed by atoms with E-state index in [1.807, 2.05) is 0 Å². The van der Waals surface area contributed by atoms with Crippen molar-refractivity contribution in [2.24, 2.45) is 0 Å². The molecule has 1 fully saturated rings. The van der Waals surface area contributed by atoms with E-state index in [2.05, 4.69) is 41.7 Å². The number of rotatable bonds is 3. The van der Waals surface area contributed by atoms with Crippen LogP contribution in [0.4, 0.5) is 5.82 Å². The summed E-state index contributed by atoms with van der Waals surface area (Å²) in [5, 5.41) is 4.79. The van der Waals surface area contributed by atoms with Crippen LogP contribution in [0.15, 0.2) is 36.4 Å². The predicted octanol–water partition coefficient (Wildman–Crippen LogP) is 4.03. The van der Waals surface area contributed by atoms with Crippen LogP contribution in [0.1, 0.15) is 43.8 Å². The Bertz CT molecular complexity index is 658. The summed E-state index contributed by atoms with van der Waals surface area (Å²) < 4.78 is 0. The Labute approximate surface area is 119 Å². The first kappa shape index (κ1) is 11.9. The van der Waals surface area contributed by atoms with Crippen molar-refractivity contribution in [2.45, 2.75) is 44.1 Å². The number of anilines is 1. The van der Waals surface area contributed by atoms with Gasteiger partial charge in [0, 0.05) is 17.3 Å². The van der Waals surface area contributed by atoms with E-state index in [1.165, 1.54) is 19.3 Å². The van der Waals surface area contributed by atoms with Gasteiger partial charge in [-0.15, -0.1) is 0 Å². The molecule has 4 rings (SSSR count). The van der Waals surface area contributed by atoms with Gasteiger partial charge in [0.2, 0.25) is 0 Å². The lowest BCUT2D eigenvalue weighted by molar-refractivity contribution is 0.642. The third-order valence-corrected chi connectivity index (χ3v) is 4.17. The molecule has 0 aliphatic heterocycles. The topological polar surface area (TPSA) is 37.8 Å². The maximum Gasteiger partial charge on any atom is 0.137 e. The van der Waals surface area contributed by atoms with E-state index in [4.69, 9.17) is 9.97 Å². The van der Waals surface area contributed by atoms with Gasteiger partial charge in [-0.3, -0.25) is 0 Å². The van der Waals surface area contributed by atoms with Crippen LogP contribution >= 0.6 is 0 Å². The minimum Gasteiger partial charge on any atom is -0.366 e. The van der Waals surface area contributed by atoms with Gasteiger partial charge in [0.05, 0.1) is 5.52 Å². The fourth-order valence-corrected chi connectivity index (χ4v) is 2.85. The summed E-state index contributed by atoms with van der Waals surface area (Å²) in [5.74, 6) is 2.64. The molecule has 2 aromatic rings. The van der Waals surface area contributed by atoms with Gasteiger partial charge >= 0.3 is 0 Å². The van der Waals surface area contributed by atoms with Crippen molar-refractivity contribution < 1.29 is 0 Å². The Morgan fingerprint density at radius 3 is 2.70 bits per heavy atom. The van der Waals surface area contributed by atoms with Crippen LogP contribution in [0.2, 0.25) is 0 Å². The normalized spacial score (nSPS) is 22.1. The maximum absolute atomic E-state index is 4.81. The molecule has 2 aliphatic rings. The van der Waals surface area contributed by atoms with E-state index in [9.17, 15) is 0 Å². The zero-order valence-electron chi connectivity index (χ0n) is 11.5. The number of fused-ring (bicyclic) bond motifs is 1. The van der Waals surface area contributed by atoms with Crippen molar-refractivity contribution in [3.05, 3.63) is 42.2 Å². The summed E-state index contributed by atoms with van der Waals surface area (Å²) in [7, 11) is 0. The summed E-state index contributed by atoms with van der Waals surface area (Å²) in [5.41, 5.74) is 1.07. The van der Waals surface area contributed by atoms with E-state index in [-0.39, 0.29) is 0 Å². The van der Waals surface area contributed by atoms with E-state index in [0.717, 1.165) is 35.4 Å². The monoisotopic (exact) mass is 265 g/mol. The van der Waals surface area contributed by atoms with E-state index in [1.54, 1.807) is 0 Å². The summed E-state index contributed by atoms with van der Waals surface area (Å²) in [6, 6.07) is 8.83. The van der Waals surface area contributed by atoms with Crippen LogP contribution in [-0.4, -0.2) is 16.0 Å². The molecule has 1 aromatic heterocycles. The zero-order valence-corrected chi connectivity index (χ0v) is 11.5. The molecule has 3 nitrogen and oxygen atoms in total. The third-order valence-electron chi connectivity index (χ3n) is 4.17. The highest BCUT2D eigenvalue weighted by Gasteiger charge is 2.27. The average molecular weight is 265 g/mol. The SMILES string of the molecule is C1=CC[C@H](Nc2nc(C3CC3)nc3ccccc23)CC1. The Hall–Kier alpha value is -1.90. The molecule has 20 heavy (non-hydrogen) atoms. The molecule has 0 spiro atoms. The van der Waals surface area contributed by atoms with Gasteiger partial charge in [-0.2, -0.15) is 0 Å². The summed E-state index contributed by atoms with van der Waals surface area (Å²) in [4.78, 5) is 9.54. The molecule has 0 amide bonds. The Kier molecular flexibility index (Phi) is 2.91. The van der Waals surface area contributed by atoms with Crippen LogP contribution in [0.25, 0.3) is 10.9 Å². The van der Waals surface area contributed by atoms with Gasteiger partial charge in [-0.25, -0.2) is 9.97 Å². The first-order valence-corrected chi connectivity index (χ1v) is 7.58. The Balaban J connectivity index is 1.73. The van der Waals surface area contributed by atoms with Crippen molar-refractivity contribution in [1.29, 1.82) is 0 Å². The second-order valence-electron chi connectivity index (χ2n) is 5.85. The smallest absolute Gasteiger partial charge is 0.137 e. The number of hydrogen-bond acceptors (Lipinski definition) is 3. The minimum atomic E-state index is 0.505. The lowest BCUT2D eigenvalue weighted by Gasteiger charge is -2.21. The summed E-state index contributed by atoms with van der Waals surface area (Å²) in [6.07, 6.45) is 10.5. The second kappa shape index (κ2) is 4.89. The number of nitrogens with zero attached hydrogens (tertiary/aromatic N) is 2. The van der Waals surface area contributed by atoms with Crippen LogP contribution in [0, 0.1) is 0 Å². The summed E-state index contributed by atoms with van der Waals surface area (Å²) in [6.45, 7) is 0. The number of hydrogen-bond donors (Lipinski definition) is 1. The van der Waals surface area contributed by atoms with Crippen LogP contribution in [-0.2, 0) is 0 Å². The standard InChI is InChI=1S/C17H19N3/c1-2-6-13(7-3-1)18-17-14-8-4-5-9-15(14)19-16(20-17)12-10-11-12/h1-2,4-5,8-9,12-13H,3,6-7,10-11H2,(H,18,19,20)/t13-/m0/s1. The molecular formula is C17H19N3. The Morgan fingerprint density at radius 2 is 1.90 bits per heavy atom. The Morgan fingerprint density at radius 1 is 1.00 bits per heavy atom.